The van der Waals surface area contributed by atoms with Gasteiger partial charge in [-0.2, -0.15) is 0 Å². The second-order valence-electron chi connectivity index (χ2n) is 3.57. The van der Waals surface area contributed by atoms with Crippen molar-refractivity contribution >= 4 is 0 Å². The van der Waals surface area contributed by atoms with E-state index >= 15 is 0 Å². The molecule has 1 aromatic heterocycles. The maximum Gasteiger partial charge on any atom is 0.121 e. The molecule has 1 aromatic carbocycles. The van der Waals surface area contributed by atoms with Crippen molar-refractivity contribution in [3.05, 3.63) is 65.5 Å². The van der Waals surface area contributed by atoms with E-state index in [4.69, 9.17) is 0 Å². The van der Waals surface area contributed by atoms with Gasteiger partial charge in [-0.3, -0.25) is 4.98 Å². The molecule has 0 fully saturated rings. The summed E-state index contributed by atoms with van der Waals surface area (Å²) >= 11 is 0. The third-order valence-corrected chi connectivity index (χ3v) is 2.33. The van der Waals surface area contributed by atoms with E-state index < -0.39 is 6.10 Å². The standard InChI is InChI=1S/C13H13NO/c1-10-5-4-6-11(9-10)13(15)12-7-2-3-8-14-12/h2-9,13,15H,1H3/t13-/m0/s1. The predicted octanol–water partition coefficient (Wildman–Crippen LogP) is 2.47. The Labute approximate surface area is 89.2 Å². The van der Waals surface area contributed by atoms with E-state index in [2.05, 4.69) is 4.98 Å². The van der Waals surface area contributed by atoms with Crippen molar-refractivity contribution in [2.24, 2.45) is 0 Å². The Balaban J connectivity index is 2.32. The minimum Gasteiger partial charge on any atom is -0.382 e. The fourth-order valence-electron chi connectivity index (χ4n) is 1.55. The van der Waals surface area contributed by atoms with Gasteiger partial charge in [0, 0.05) is 6.20 Å². The fourth-order valence-corrected chi connectivity index (χ4v) is 1.55. The van der Waals surface area contributed by atoms with Gasteiger partial charge in [0.15, 0.2) is 0 Å². The van der Waals surface area contributed by atoms with E-state index in [0.29, 0.717) is 5.69 Å². The molecule has 2 rings (SSSR count). The van der Waals surface area contributed by atoms with Crippen LogP contribution < -0.4 is 0 Å². The van der Waals surface area contributed by atoms with Crippen molar-refractivity contribution in [2.45, 2.75) is 13.0 Å². The molecule has 0 radical (unpaired) electrons. The number of pyridine rings is 1. The number of aryl methyl sites for hydroxylation is 1. The predicted molar refractivity (Wildman–Crippen MR) is 59.5 cm³/mol. The molecule has 0 saturated heterocycles. The Morgan fingerprint density at radius 2 is 2.00 bits per heavy atom. The molecule has 1 heterocycles. The number of aliphatic hydroxyl groups excluding tert-OH is 1. The van der Waals surface area contributed by atoms with E-state index in [9.17, 15) is 5.11 Å². The van der Waals surface area contributed by atoms with Crippen molar-refractivity contribution in [1.29, 1.82) is 0 Å². The van der Waals surface area contributed by atoms with Crippen LogP contribution >= 0.6 is 0 Å². The zero-order chi connectivity index (χ0) is 10.7. The van der Waals surface area contributed by atoms with Crippen LogP contribution in [0.2, 0.25) is 0 Å². The smallest absolute Gasteiger partial charge is 0.121 e. The number of aromatic nitrogens is 1. The monoisotopic (exact) mass is 199 g/mol. The van der Waals surface area contributed by atoms with Crippen LogP contribution in [-0.2, 0) is 0 Å². The third-order valence-electron chi connectivity index (χ3n) is 2.33. The van der Waals surface area contributed by atoms with Gasteiger partial charge in [-0.15, -0.1) is 0 Å². The minimum atomic E-state index is -0.633. The molecule has 0 unspecified atom stereocenters. The molecule has 15 heavy (non-hydrogen) atoms. The number of hydrogen-bond donors (Lipinski definition) is 1. The van der Waals surface area contributed by atoms with Gasteiger partial charge in [0.1, 0.15) is 6.10 Å². The summed E-state index contributed by atoms with van der Waals surface area (Å²) in [5.74, 6) is 0. The first-order chi connectivity index (χ1) is 7.27. The van der Waals surface area contributed by atoms with Crippen LogP contribution in [0.4, 0.5) is 0 Å². The lowest BCUT2D eigenvalue weighted by atomic mass is 10.0. The number of hydrogen-bond acceptors (Lipinski definition) is 2. The molecule has 2 aromatic rings. The van der Waals surface area contributed by atoms with E-state index in [1.54, 1.807) is 6.20 Å². The highest BCUT2D eigenvalue weighted by Crippen LogP contribution is 2.20. The van der Waals surface area contributed by atoms with Crippen molar-refractivity contribution < 1.29 is 5.11 Å². The van der Waals surface area contributed by atoms with Crippen LogP contribution in [0.5, 0.6) is 0 Å². The minimum absolute atomic E-state index is 0.633. The molecule has 2 heteroatoms. The Morgan fingerprint density at radius 1 is 1.13 bits per heavy atom. The first-order valence-electron chi connectivity index (χ1n) is 4.93. The summed E-state index contributed by atoms with van der Waals surface area (Å²) in [4.78, 5) is 4.13. The van der Waals surface area contributed by atoms with Crippen LogP contribution in [0.25, 0.3) is 0 Å². The van der Waals surface area contributed by atoms with Crippen molar-refractivity contribution in [2.75, 3.05) is 0 Å². The molecule has 0 saturated carbocycles. The van der Waals surface area contributed by atoms with Gasteiger partial charge in [-0.05, 0) is 24.6 Å². The molecule has 0 spiro atoms. The molecule has 0 aliphatic heterocycles. The van der Waals surface area contributed by atoms with Gasteiger partial charge >= 0.3 is 0 Å². The molecule has 1 atom stereocenters. The first kappa shape index (κ1) is 9.87. The summed E-state index contributed by atoms with van der Waals surface area (Å²) in [6.45, 7) is 2.01. The topological polar surface area (TPSA) is 33.1 Å². The Bertz CT molecular complexity index is 439. The lowest BCUT2D eigenvalue weighted by Crippen LogP contribution is -2.01. The number of aliphatic hydroxyl groups is 1. The lowest BCUT2D eigenvalue weighted by molar-refractivity contribution is 0.215. The Morgan fingerprint density at radius 3 is 2.67 bits per heavy atom. The van der Waals surface area contributed by atoms with Gasteiger partial charge in [-0.25, -0.2) is 0 Å². The maximum absolute atomic E-state index is 10.1. The summed E-state index contributed by atoms with van der Waals surface area (Å²) in [5.41, 5.74) is 2.71. The van der Waals surface area contributed by atoms with Crippen LogP contribution in [0.15, 0.2) is 48.7 Å². The second kappa shape index (κ2) is 4.24. The van der Waals surface area contributed by atoms with Gasteiger partial charge in [0.25, 0.3) is 0 Å². The summed E-state index contributed by atoms with van der Waals surface area (Å²) in [5, 5.41) is 10.1. The van der Waals surface area contributed by atoms with Crippen LogP contribution in [-0.4, -0.2) is 10.1 Å². The molecule has 1 N–H and O–H groups in total. The summed E-state index contributed by atoms with van der Waals surface area (Å²) in [7, 11) is 0. The maximum atomic E-state index is 10.1. The Kier molecular flexibility index (Phi) is 2.79. The SMILES string of the molecule is Cc1cccc([C@H](O)c2ccccn2)c1. The highest BCUT2D eigenvalue weighted by Gasteiger charge is 2.10. The molecule has 0 bridgehead atoms. The quantitative estimate of drug-likeness (QED) is 0.806. The van der Waals surface area contributed by atoms with Crippen LogP contribution in [0.3, 0.4) is 0 Å². The fraction of sp³-hybridized carbons (Fsp3) is 0.154. The van der Waals surface area contributed by atoms with E-state index in [1.807, 2.05) is 49.4 Å². The van der Waals surface area contributed by atoms with Crippen molar-refractivity contribution in [1.82, 2.24) is 4.98 Å². The normalized spacial score (nSPS) is 12.4. The highest BCUT2D eigenvalue weighted by atomic mass is 16.3. The van der Waals surface area contributed by atoms with Gasteiger partial charge < -0.3 is 5.11 Å². The number of nitrogens with zero attached hydrogens (tertiary/aromatic N) is 1. The van der Waals surface area contributed by atoms with E-state index in [-0.39, 0.29) is 0 Å². The van der Waals surface area contributed by atoms with Gasteiger partial charge in [0.05, 0.1) is 5.69 Å². The van der Waals surface area contributed by atoms with Gasteiger partial charge in [-0.1, -0.05) is 35.9 Å². The van der Waals surface area contributed by atoms with E-state index in [1.165, 1.54) is 0 Å². The largest absolute Gasteiger partial charge is 0.382 e. The second-order valence-corrected chi connectivity index (χ2v) is 3.57. The first-order valence-corrected chi connectivity index (χ1v) is 4.93. The molecule has 76 valence electrons. The van der Waals surface area contributed by atoms with E-state index in [0.717, 1.165) is 11.1 Å². The highest BCUT2D eigenvalue weighted by molar-refractivity contribution is 5.29. The zero-order valence-corrected chi connectivity index (χ0v) is 8.59. The number of benzene rings is 1. The van der Waals surface area contributed by atoms with Crippen molar-refractivity contribution in [3.8, 4) is 0 Å². The molecule has 2 nitrogen and oxygen atoms in total. The Hall–Kier alpha value is -1.67. The van der Waals surface area contributed by atoms with Crippen LogP contribution in [0, 0.1) is 6.92 Å². The third kappa shape index (κ3) is 2.22. The summed E-state index contributed by atoms with van der Waals surface area (Å²) < 4.78 is 0. The molecule has 0 aliphatic carbocycles. The van der Waals surface area contributed by atoms with Crippen molar-refractivity contribution in [3.63, 3.8) is 0 Å². The summed E-state index contributed by atoms with van der Waals surface area (Å²) in [6, 6.07) is 13.4. The molecular weight excluding hydrogens is 186 g/mol. The van der Waals surface area contributed by atoms with Gasteiger partial charge in [0.2, 0.25) is 0 Å². The number of rotatable bonds is 2. The lowest BCUT2D eigenvalue weighted by Gasteiger charge is -2.10. The molecular formula is C13H13NO. The molecule has 0 amide bonds. The van der Waals surface area contributed by atoms with Crippen LogP contribution in [0.1, 0.15) is 22.9 Å². The zero-order valence-electron chi connectivity index (χ0n) is 8.59. The molecule has 0 aliphatic rings. The average molecular weight is 199 g/mol. The average Bonchev–Trinajstić information content (AvgIpc) is 2.29. The summed E-state index contributed by atoms with van der Waals surface area (Å²) in [6.07, 6.45) is 1.06.